The van der Waals surface area contributed by atoms with E-state index in [4.69, 9.17) is 104 Å². The van der Waals surface area contributed by atoms with Crippen molar-refractivity contribution in [3.63, 3.8) is 0 Å². The lowest BCUT2D eigenvalue weighted by Crippen LogP contribution is -2.54. The van der Waals surface area contributed by atoms with Gasteiger partial charge in [0.05, 0.1) is 73.3 Å². The van der Waals surface area contributed by atoms with E-state index < -0.39 is 31.1 Å². The maximum absolute atomic E-state index is 8.01. The van der Waals surface area contributed by atoms with Gasteiger partial charge in [0, 0.05) is 52.7 Å². The summed E-state index contributed by atoms with van der Waals surface area (Å²) in [6, 6.07) is 7.06. The van der Waals surface area contributed by atoms with Gasteiger partial charge in [-0.05, 0) is 36.5 Å². The predicted molar refractivity (Wildman–Crippen MR) is 192 cm³/mol. The van der Waals surface area contributed by atoms with Crippen molar-refractivity contribution in [2.75, 3.05) is 56.9 Å². The van der Waals surface area contributed by atoms with Crippen LogP contribution in [0.25, 0.3) is 22.1 Å². The molecule has 0 N–H and O–H groups in total. The molecule has 0 aliphatic heterocycles. The Balaban J connectivity index is 1.27. The molecule has 5 aliphatic rings. The Morgan fingerprint density at radius 1 is 0.423 bits per heavy atom. The van der Waals surface area contributed by atoms with Crippen LogP contribution in [-0.4, -0.2) is 88.4 Å². The van der Waals surface area contributed by atoms with Gasteiger partial charge >= 0.3 is 0 Å². The monoisotopic (exact) mass is 792 g/mol. The summed E-state index contributed by atoms with van der Waals surface area (Å²) in [5.74, 6) is -2.68. The summed E-state index contributed by atoms with van der Waals surface area (Å²) < 4.78 is 47.7. The minimum absolute atomic E-state index is 0.380. The Morgan fingerprint density at radius 3 is 0.808 bits per heavy atom. The Morgan fingerprint density at radius 2 is 0.635 bits per heavy atom. The predicted octanol–water partition coefficient (Wildman–Crippen LogP) is 6.34. The van der Waals surface area contributed by atoms with Crippen molar-refractivity contribution in [2.45, 2.75) is 43.9 Å². The number of benzene rings is 2. The van der Waals surface area contributed by atoms with Gasteiger partial charge in [0.2, 0.25) is 11.6 Å². The van der Waals surface area contributed by atoms with E-state index in [1.807, 2.05) is 0 Å². The Labute approximate surface area is 319 Å². The maximum atomic E-state index is 8.01. The minimum atomic E-state index is -1.58. The number of rotatable bonds is 8. The number of halogens is 4. The summed E-state index contributed by atoms with van der Waals surface area (Å²) in [5, 5.41) is 0. The van der Waals surface area contributed by atoms with Gasteiger partial charge in [-0.2, -0.15) is 0 Å². The molecule has 4 bridgehead atoms. The van der Waals surface area contributed by atoms with Crippen molar-refractivity contribution in [3.8, 4) is 23.0 Å². The number of nitrogens with zero attached hydrogens (tertiary/aromatic N) is 4. The van der Waals surface area contributed by atoms with Crippen molar-refractivity contribution >= 4 is 68.5 Å². The molecular weight excluding hydrogens is 758 g/mol. The van der Waals surface area contributed by atoms with Crippen LogP contribution in [0.3, 0.4) is 0 Å². The molecule has 52 heavy (non-hydrogen) atoms. The van der Waals surface area contributed by atoms with E-state index in [1.165, 1.54) is 0 Å². The van der Waals surface area contributed by atoms with E-state index in [9.17, 15) is 0 Å². The highest BCUT2D eigenvalue weighted by Gasteiger charge is 2.91. The maximum Gasteiger partial charge on any atom is 0.219 e. The molecule has 276 valence electrons. The van der Waals surface area contributed by atoms with Gasteiger partial charge in [-0.25, -0.2) is 19.9 Å². The van der Waals surface area contributed by atoms with Crippen LogP contribution in [0.1, 0.15) is 35.6 Å². The van der Waals surface area contributed by atoms with Crippen molar-refractivity contribution in [3.05, 3.63) is 47.0 Å². The fourth-order valence-corrected chi connectivity index (χ4v) is 13.7. The van der Waals surface area contributed by atoms with Crippen LogP contribution in [-0.2, 0) is 38.4 Å². The Hall–Kier alpha value is -2.68. The highest BCUT2D eigenvalue weighted by atomic mass is 35.5. The Kier molecular flexibility index (Phi) is 7.39. The molecule has 4 aromatic rings. The number of alkyl halides is 4. The summed E-state index contributed by atoms with van der Waals surface area (Å²) in [4.78, 5) is 14.9. The SMILES string of the molecule is COc1cc2nc3c(nc2cc1OC)[C@]1(Cl)[C@@H]2C[C@H]4[C@@H](C[C@@H]2[C@@]3(Cl)C1(OC)OC)[C@@]1(Cl)c2nc3cc(OC)c(OC)cc3nc2[C@]4(Cl)C1(OC)OC. The smallest absolute Gasteiger partial charge is 0.219 e. The standard InChI is InChI=1S/C36H36Cl4N4O8/c1-45-23-11-19-20(12-24(23)46-2)42-28-27(41-19)31(37)15-9-17-18(10-16(15)32(28,38)35(31,49-5)50-6)34(40)30-29(33(17,39)36(34,51-7)52-8)43-21-13-25(47-3)26(48-4)14-22(21)44-30/h11-18H,9-10H2,1-8H3/t15-,16+,17+,18-,31-,32+,33+,34-. The van der Waals surface area contributed by atoms with Crippen LogP contribution in [0.5, 0.6) is 23.0 Å². The second-order valence-electron chi connectivity index (χ2n) is 14.0. The van der Waals surface area contributed by atoms with Gasteiger partial charge in [0.1, 0.15) is 19.5 Å². The number of ether oxygens (including phenoxy) is 8. The van der Waals surface area contributed by atoms with E-state index in [0.29, 0.717) is 80.7 Å². The third kappa shape index (κ3) is 3.38. The number of fused-ring (bicyclic) bond motifs is 18. The zero-order valence-corrected chi connectivity index (χ0v) is 32.6. The molecule has 8 atom stereocenters. The molecule has 3 saturated carbocycles. The molecular formula is C36H36Cl4N4O8. The molecule has 0 saturated heterocycles. The zero-order valence-electron chi connectivity index (χ0n) is 29.6. The second-order valence-corrected chi connectivity index (χ2v) is 16.4. The van der Waals surface area contributed by atoms with Gasteiger partial charge in [-0.3, -0.25) is 0 Å². The van der Waals surface area contributed by atoms with E-state index in [0.717, 1.165) is 0 Å². The first-order valence-corrected chi connectivity index (χ1v) is 18.2. The molecule has 9 rings (SSSR count). The minimum Gasteiger partial charge on any atom is -0.493 e. The summed E-state index contributed by atoms with van der Waals surface area (Å²) in [5.41, 5.74) is 4.06. The lowest BCUT2D eigenvalue weighted by Gasteiger charge is -2.49. The second kappa shape index (κ2) is 11.0. The number of aromatic nitrogens is 4. The first-order chi connectivity index (χ1) is 24.8. The molecule has 3 fully saturated rings. The van der Waals surface area contributed by atoms with Gasteiger partial charge in [-0.1, -0.05) is 0 Å². The lowest BCUT2D eigenvalue weighted by atomic mass is 9.59. The Bertz CT molecular complexity index is 1910. The van der Waals surface area contributed by atoms with E-state index in [-0.39, 0.29) is 23.7 Å². The molecule has 12 nitrogen and oxygen atoms in total. The summed E-state index contributed by atoms with van der Waals surface area (Å²) in [6.07, 6.45) is 0.842. The normalized spacial score (nSPS) is 35.3. The first-order valence-electron chi connectivity index (χ1n) is 16.7. The molecule has 0 amide bonds. The van der Waals surface area contributed by atoms with E-state index >= 15 is 0 Å². The van der Waals surface area contributed by atoms with Gasteiger partial charge in [0.15, 0.2) is 23.0 Å². The molecule has 0 unspecified atom stereocenters. The van der Waals surface area contributed by atoms with Crippen LogP contribution in [0.4, 0.5) is 0 Å². The van der Waals surface area contributed by atoms with Crippen molar-refractivity contribution in [1.29, 1.82) is 0 Å². The van der Waals surface area contributed by atoms with Crippen LogP contribution in [0.2, 0.25) is 0 Å². The van der Waals surface area contributed by atoms with E-state index in [2.05, 4.69) is 0 Å². The molecule has 2 aromatic carbocycles. The molecule has 0 radical (unpaired) electrons. The third-order valence-electron chi connectivity index (χ3n) is 12.8. The highest BCUT2D eigenvalue weighted by Crippen LogP contribution is 2.84. The molecule has 2 heterocycles. The average Bonchev–Trinajstić information content (AvgIpc) is 3.61. The van der Waals surface area contributed by atoms with Gasteiger partial charge in [0.25, 0.3) is 0 Å². The van der Waals surface area contributed by atoms with Crippen LogP contribution in [0.15, 0.2) is 24.3 Å². The van der Waals surface area contributed by atoms with Crippen LogP contribution >= 0.6 is 46.4 Å². The fourth-order valence-electron chi connectivity index (χ4n) is 10.9. The summed E-state index contributed by atoms with van der Waals surface area (Å²) >= 11 is 32.1. The first kappa shape index (κ1) is 35.0. The summed E-state index contributed by atoms with van der Waals surface area (Å²) in [7, 11) is 12.4. The third-order valence-corrected chi connectivity index (χ3v) is 15.6. The van der Waals surface area contributed by atoms with Crippen molar-refractivity contribution in [2.24, 2.45) is 23.7 Å². The van der Waals surface area contributed by atoms with Gasteiger partial charge in [-0.15, -0.1) is 46.4 Å². The zero-order chi connectivity index (χ0) is 37.0. The quantitative estimate of drug-likeness (QED) is 0.146. The highest BCUT2D eigenvalue weighted by molar-refractivity contribution is 6.33. The summed E-state index contributed by atoms with van der Waals surface area (Å²) in [6.45, 7) is 0. The topological polar surface area (TPSA) is 125 Å². The van der Waals surface area contributed by atoms with Gasteiger partial charge < -0.3 is 37.9 Å². The van der Waals surface area contributed by atoms with Crippen LogP contribution < -0.4 is 18.9 Å². The lowest BCUT2D eigenvalue weighted by molar-refractivity contribution is -0.241. The average molecular weight is 795 g/mol. The molecule has 2 aromatic heterocycles. The number of methoxy groups -OCH3 is 8. The number of hydrogen-bond acceptors (Lipinski definition) is 12. The number of hydrogen-bond donors (Lipinski definition) is 0. The molecule has 5 aliphatic carbocycles. The largest absolute Gasteiger partial charge is 0.493 e. The fraction of sp³-hybridized carbons (Fsp3) is 0.556. The van der Waals surface area contributed by atoms with Crippen molar-refractivity contribution < 1.29 is 37.9 Å². The van der Waals surface area contributed by atoms with Crippen LogP contribution in [0, 0.1) is 23.7 Å². The molecule has 16 heteroatoms. The van der Waals surface area contributed by atoms with Crippen molar-refractivity contribution in [1.82, 2.24) is 19.9 Å². The molecule has 0 spiro atoms. The van der Waals surface area contributed by atoms with E-state index in [1.54, 1.807) is 81.1 Å².